The summed E-state index contributed by atoms with van der Waals surface area (Å²) in [6.07, 6.45) is 12.6. The predicted molar refractivity (Wildman–Crippen MR) is 317 cm³/mol. The van der Waals surface area contributed by atoms with Crippen LogP contribution in [0.1, 0.15) is 99.7 Å². The molecule has 400 valence electrons. The van der Waals surface area contributed by atoms with Gasteiger partial charge in [0.05, 0.1) is 0 Å². The molecule has 0 bridgehead atoms. The number of rotatable bonds is 16. The molecule has 0 unspecified atom stereocenters. The zero-order valence-corrected chi connectivity index (χ0v) is 45.2. The fourth-order valence-electron chi connectivity index (χ4n) is 10.4. The molecular formula is C69H63N5O6. The van der Waals surface area contributed by atoms with Gasteiger partial charge in [0.2, 0.25) is 5.88 Å². The first-order valence-electron chi connectivity index (χ1n) is 27.7. The predicted octanol–water partition coefficient (Wildman–Crippen LogP) is 18.4. The standard InChI is InChI=1S/C69H63N5O6/c1-47-46-59(34-45-65(47)80-69-73-67(78-63-41-28-56(29-42-63)52-20-12-6-13-21-52)72-68(74-69)79-64-43-30-57(31-44-64)53-22-14-7-15-23-53)58-32-37-61(38-33-58)76-49(3)71-66(77-62-39-26-55(27-40-62)51-18-10-5-11-19-51)70-48(2)75-60-35-24-54(25-36-60)50-16-8-4-9-17-50/h5-6,10-13,18-21,24-46,50,53H,3-4,7-9,14-17,22-23H2,1-2H3. The maximum Gasteiger partial charge on any atom is 0.331 e. The van der Waals surface area contributed by atoms with Gasteiger partial charge in [0.15, 0.2) is 5.90 Å². The van der Waals surface area contributed by atoms with Crippen molar-refractivity contribution in [2.75, 3.05) is 0 Å². The van der Waals surface area contributed by atoms with Crippen LogP contribution in [0.4, 0.5) is 0 Å². The van der Waals surface area contributed by atoms with E-state index in [4.69, 9.17) is 28.4 Å². The number of hydrogen-bond donors (Lipinski definition) is 0. The zero-order valence-electron chi connectivity index (χ0n) is 45.2. The third kappa shape index (κ3) is 14.0. The Labute approximate surface area is 468 Å². The third-order valence-corrected chi connectivity index (χ3v) is 14.6. The van der Waals surface area contributed by atoms with Crippen molar-refractivity contribution in [2.45, 2.75) is 89.9 Å². The molecule has 0 amide bonds. The number of aryl methyl sites for hydroxylation is 1. The molecule has 0 radical (unpaired) electrons. The van der Waals surface area contributed by atoms with Crippen molar-refractivity contribution in [1.82, 2.24) is 15.0 Å². The van der Waals surface area contributed by atoms with E-state index in [1.54, 1.807) is 6.92 Å². The van der Waals surface area contributed by atoms with E-state index in [0.717, 1.165) is 38.9 Å². The van der Waals surface area contributed by atoms with Crippen LogP contribution in [0.25, 0.3) is 33.4 Å². The Morgan fingerprint density at radius 1 is 0.400 bits per heavy atom. The Hall–Kier alpha value is -9.35. The number of nitrogens with zero attached hydrogens (tertiary/aromatic N) is 5. The van der Waals surface area contributed by atoms with E-state index in [1.165, 1.54) is 75.3 Å². The van der Waals surface area contributed by atoms with Gasteiger partial charge in [-0.15, -0.1) is 15.0 Å². The molecule has 2 aliphatic carbocycles. The second-order valence-electron chi connectivity index (χ2n) is 20.3. The summed E-state index contributed by atoms with van der Waals surface area (Å²) < 4.78 is 37.4. The lowest BCUT2D eigenvalue weighted by Crippen LogP contribution is -2.13. The van der Waals surface area contributed by atoms with Gasteiger partial charge in [-0.05, 0) is 174 Å². The van der Waals surface area contributed by atoms with Crippen molar-refractivity contribution in [3.8, 4) is 85.9 Å². The Morgan fingerprint density at radius 2 is 0.787 bits per heavy atom. The van der Waals surface area contributed by atoms with Crippen LogP contribution in [-0.4, -0.2) is 26.9 Å². The normalized spacial score (nSPS) is 14.2. The molecule has 11 nitrogen and oxygen atoms in total. The van der Waals surface area contributed by atoms with Crippen LogP contribution in [-0.2, 0) is 0 Å². The van der Waals surface area contributed by atoms with Gasteiger partial charge in [-0.1, -0.05) is 166 Å². The lowest BCUT2D eigenvalue weighted by molar-refractivity contribution is 0.361. The summed E-state index contributed by atoms with van der Waals surface area (Å²) in [6, 6.07) is 66.0. The van der Waals surface area contributed by atoms with Crippen LogP contribution in [0, 0.1) is 6.92 Å². The van der Waals surface area contributed by atoms with Crippen molar-refractivity contribution >= 4 is 11.9 Å². The van der Waals surface area contributed by atoms with Crippen LogP contribution in [0.5, 0.6) is 52.5 Å². The monoisotopic (exact) mass is 1060 g/mol. The van der Waals surface area contributed by atoms with E-state index in [0.29, 0.717) is 52.2 Å². The van der Waals surface area contributed by atoms with E-state index >= 15 is 0 Å². The minimum Gasteiger partial charge on any atom is -0.443 e. The van der Waals surface area contributed by atoms with Gasteiger partial charge in [-0.25, -0.2) is 0 Å². The van der Waals surface area contributed by atoms with Crippen molar-refractivity contribution < 1.29 is 28.4 Å². The van der Waals surface area contributed by atoms with Gasteiger partial charge in [-0.3, -0.25) is 0 Å². The Balaban J connectivity index is 0.778. The smallest absolute Gasteiger partial charge is 0.331 e. The molecule has 1 aromatic heterocycles. The fourth-order valence-corrected chi connectivity index (χ4v) is 10.4. The Morgan fingerprint density at radius 3 is 1.27 bits per heavy atom. The number of ether oxygens (including phenoxy) is 6. The van der Waals surface area contributed by atoms with Crippen molar-refractivity contribution in [1.29, 1.82) is 0 Å². The number of amidine groups is 1. The molecule has 9 aromatic rings. The van der Waals surface area contributed by atoms with Gasteiger partial charge >= 0.3 is 24.1 Å². The number of aliphatic imine (C=N–C) groups is 2. The lowest BCUT2D eigenvalue weighted by atomic mass is 9.84. The molecule has 80 heavy (non-hydrogen) atoms. The minimum absolute atomic E-state index is 0.00558. The summed E-state index contributed by atoms with van der Waals surface area (Å²) >= 11 is 0. The van der Waals surface area contributed by atoms with E-state index in [2.05, 4.69) is 80.0 Å². The first kappa shape index (κ1) is 52.7. The average molecular weight is 1060 g/mol. The van der Waals surface area contributed by atoms with E-state index in [-0.39, 0.29) is 29.9 Å². The number of hydrogen-bond acceptors (Lipinski definition) is 10. The lowest BCUT2D eigenvalue weighted by Gasteiger charge is -2.22. The highest BCUT2D eigenvalue weighted by molar-refractivity contribution is 5.91. The first-order valence-corrected chi connectivity index (χ1v) is 27.7. The van der Waals surface area contributed by atoms with Crippen LogP contribution in [0.3, 0.4) is 0 Å². The van der Waals surface area contributed by atoms with Gasteiger partial charge in [0.25, 0.3) is 0 Å². The molecule has 2 fully saturated rings. The molecule has 2 saturated carbocycles. The summed E-state index contributed by atoms with van der Waals surface area (Å²) in [6.45, 7) is 7.85. The molecule has 1 heterocycles. The highest BCUT2D eigenvalue weighted by Crippen LogP contribution is 2.37. The average Bonchev–Trinajstić information content (AvgIpc) is 3.50. The fraction of sp³-hybridized carbons (Fsp3) is 0.203. The molecule has 0 atom stereocenters. The Bertz CT molecular complexity index is 3560. The van der Waals surface area contributed by atoms with Gasteiger partial charge in [-0.2, -0.15) is 9.98 Å². The topological polar surface area (TPSA) is 119 Å². The quantitative estimate of drug-likeness (QED) is 0.0529. The zero-order chi connectivity index (χ0) is 54.5. The molecule has 11 rings (SSSR count). The molecule has 2 aliphatic rings. The second kappa shape index (κ2) is 25.4. The minimum atomic E-state index is 0.00558. The number of aromatic nitrogens is 3. The molecule has 0 spiro atoms. The van der Waals surface area contributed by atoms with Gasteiger partial charge in [0.1, 0.15) is 34.5 Å². The second-order valence-corrected chi connectivity index (χ2v) is 20.3. The molecular weight excluding hydrogens is 995 g/mol. The summed E-state index contributed by atoms with van der Waals surface area (Å²) in [5.41, 5.74) is 9.75. The van der Waals surface area contributed by atoms with Crippen molar-refractivity contribution in [3.63, 3.8) is 0 Å². The Kier molecular flexibility index (Phi) is 16.7. The molecule has 0 aliphatic heterocycles. The summed E-state index contributed by atoms with van der Waals surface area (Å²) in [7, 11) is 0. The summed E-state index contributed by atoms with van der Waals surface area (Å²) in [5, 5.41) is 0. The van der Waals surface area contributed by atoms with Gasteiger partial charge < -0.3 is 28.4 Å². The van der Waals surface area contributed by atoms with Crippen LogP contribution in [0.15, 0.2) is 223 Å². The molecule has 0 saturated heterocycles. The van der Waals surface area contributed by atoms with E-state index in [9.17, 15) is 0 Å². The van der Waals surface area contributed by atoms with E-state index in [1.807, 2.05) is 159 Å². The molecule has 11 heteroatoms. The van der Waals surface area contributed by atoms with Crippen LogP contribution >= 0.6 is 0 Å². The van der Waals surface area contributed by atoms with Crippen LogP contribution < -0.4 is 28.4 Å². The van der Waals surface area contributed by atoms with Crippen LogP contribution in [0.2, 0.25) is 0 Å². The highest BCUT2D eigenvalue weighted by atomic mass is 16.5. The third-order valence-electron chi connectivity index (χ3n) is 14.6. The van der Waals surface area contributed by atoms with Crippen molar-refractivity contribution in [2.24, 2.45) is 9.98 Å². The van der Waals surface area contributed by atoms with E-state index < -0.39 is 0 Å². The van der Waals surface area contributed by atoms with Crippen molar-refractivity contribution in [3.05, 3.63) is 229 Å². The summed E-state index contributed by atoms with van der Waals surface area (Å²) in [5.74, 6) is 5.05. The van der Waals surface area contributed by atoms with Gasteiger partial charge in [0, 0.05) is 6.92 Å². The number of benzene rings is 8. The maximum atomic E-state index is 6.37. The SMILES string of the molecule is C=C(N=C(N=C(C)Oc1ccc(C2CCCCC2)cc1)Oc1ccc(-c2ccccc2)cc1)Oc1ccc(-c2ccc(Oc3nc(Oc4ccc(-c5ccccc5)cc4)nc(Oc4ccc(C5CCCCC5)cc4)n3)c(C)c2)cc1. The summed E-state index contributed by atoms with van der Waals surface area (Å²) in [4.78, 5) is 23.0. The first-order chi connectivity index (χ1) is 39.3. The maximum absolute atomic E-state index is 6.37. The highest BCUT2D eigenvalue weighted by Gasteiger charge is 2.19. The molecule has 0 N–H and O–H groups in total. The molecule has 8 aromatic carbocycles. The largest absolute Gasteiger partial charge is 0.443 e.